The Morgan fingerprint density at radius 2 is 2.36 bits per heavy atom. The zero-order valence-corrected chi connectivity index (χ0v) is 7.04. The number of aromatic nitrogens is 2. The first kappa shape index (κ1) is 8.27. The van der Waals surface area contributed by atoms with E-state index in [-0.39, 0.29) is 6.61 Å². The molecule has 3 nitrogen and oxygen atoms in total. The van der Waals surface area contributed by atoms with Crippen molar-refractivity contribution in [2.24, 2.45) is 7.05 Å². The lowest BCUT2D eigenvalue weighted by Gasteiger charge is -1.92. The molecule has 0 radical (unpaired) electrons. The van der Waals surface area contributed by atoms with Crippen molar-refractivity contribution in [1.29, 1.82) is 0 Å². The minimum absolute atomic E-state index is 0.0766. The maximum atomic E-state index is 8.84. The first-order valence-electron chi connectivity index (χ1n) is 3.90. The minimum Gasteiger partial charge on any atom is -0.390 e. The van der Waals surface area contributed by atoms with E-state index in [9.17, 15) is 0 Å². The van der Waals surface area contributed by atoms with E-state index in [2.05, 4.69) is 12.0 Å². The molecule has 0 amide bonds. The Balaban J connectivity index is 2.77. The highest BCUT2D eigenvalue weighted by Gasteiger charge is 2.01. The average molecular weight is 154 g/mol. The Kier molecular flexibility index (Phi) is 2.65. The van der Waals surface area contributed by atoms with Gasteiger partial charge in [-0.3, -0.25) is 4.68 Å². The Morgan fingerprint density at radius 3 is 2.82 bits per heavy atom. The fourth-order valence-corrected chi connectivity index (χ4v) is 1.10. The second-order valence-corrected chi connectivity index (χ2v) is 2.66. The van der Waals surface area contributed by atoms with Crippen LogP contribution in [-0.2, 0) is 20.1 Å². The van der Waals surface area contributed by atoms with Gasteiger partial charge in [-0.15, -0.1) is 0 Å². The van der Waals surface area contributed by atoms with Crippen LogP contribution in [0.15, 0.2) is 6.07 Å². The molecule has 0 atom stereocenters. The topological polar surface area (TPSA) is 38.0 Å². The van der Waals surface area contributed by atoms with Gasteiger partial charge in [0.05, 0.1) is 18.0 Å². The molecule has 3 heteroatoms. The third-order valence-electron chi connectivity index (χ3n) is 1.70. The summed E-state index contributed by atoms with van der Waals surface area (Å²) in [5.74, 6) is 0. The standard InChI is InChI=1S/C8H14N2O/c1-3-4-7-5-8(6-11)10(2)9-7/h5,11H,3-4,6H2,1-2H3. The van der Waals surface area contributed by atoms with Crippen LogP contribution in [-0.4, -0.2) is 14.9 Å². The number of aryl methyl sites for hydroxylation is 2. The fourth-order valence-electron chi connectivity index (χ4n) is 1.10. The van der Waals surface area contributed by atoms with Crippen molar-refractivity contribution in [3.63, 3.8) is 0 Å². The molecule has 0 spiro atoms. The van der Waals surface area contributed by atoms with E-state index >= 15 is 0 Å². The Labute approximate surface area is 66.7 Å². The summed E-state index contributed by atoms with van der Waals surface area (Å²) in [6.07, 6.45) is 2.09. The lowest BCUT2D eigenvalue weighted by Crippen LogP contribution is -1.97. The predicted molar refractivity (Wildman–Crippen MR) is 43.1 cm³/mol. The summed E-state index contributed by atoms with van der Waals surface area (Å²) in [4.78, 5) is 0. The average Bonchev–Trinajstić information content (AvgIpc) is 2.32. The van der Waals surface area contributed by atoms with Gasteiger partial charge in [0.25, 0.3) is 0 Å². The zero-order valence-electron chi connectivity index (χ0n) is 7.04. The molecule has 1 aromatic heterocycles. The molecule has 0 unspecified atom stereocenters. The van der Waals surface area contributed by atoms with E-state index in [1.165, 1.54) is 0 Å². The number of hydrogen-bond donors (Lipinski definition) is 1. The molecular weight excluding hydrogens is 140 g/mol. The van der Waals surface area contributed by atoms with Gasteiger partial charge in [-0.2, -0.15) is 5.10 Å². The third kappa shape index (κ3) is 1.80. The van der Waals surface area contributed by atoms with Crippen LogP contribution < -0.4 is 0 Å². The Hall–Kier alpha value is -0.830. The lowest BCUT2D eigenvalue weighted by atomic mass is 10.2. The van der Waals surface area contributed by atoms with Crippen LogP contribution in [0.5, 0.6) is 0 Å². The van der Waals surface area contributed by atoms with Crippen LogP contribution in [0.25, 0.3) is 0 Å². The highest BCUT2D eigenvalue weighted by Crippen LogP contribution is 2.04. The summed E-state index contributed by atoms with van der Waals surface area (Å²) < 4.78 is 1.73. The Bertz CT molecular complexity index is 230. The third-order valence-corrected chi connectivity index (χ3v) is 1.70. The van der Waals surface area contributed by atoms with Crippen molar-refractivity contribution >= 4 is 0 Å². The number of aliphatic hydroxyl groups is 1. The van der Waals surface area contributed by atoms with Crippen LogP contribution in [0, 0.1) is 0 Å². The molecule has 1 rings (SSSR count). The molecule has 0 aliphatic heterocycles. The summed E-state index contributed by atoms with van der Waals surface area (Å²) in [6.45, 7) is 2.19. The van der Waals surface area contributed by atoms with E-state index in [4.69, 9.17) is 5.11 Å². The van der Waals surface area contributed by atoms with Gasteiger partial charge in [0.1, 0.15) is 0 Å². The molecular formula is C8H14N2O. The van der Waals surface area contributed by atoms with Gasteiger partial charge in [0.15, 0.2) is 0 Å². The number of rotatable bonds is 3. The molecule has 62 valence electrons. The normalized spacial score (nSPS) is 10.5. The molecule has 0 aliphatic rings. The quantitative estimate of drug-likeness (QED) is 0.701. The van der Waals surface area contributed by atoms with E-state index < -0.39 is 0 Å². The predicted octanol–water partition coefficient (Wildman–Crippen LogP) is 0.865. The monoisotopic (exact) mass is 154 g/mol. The van der Waals surface area contributed by atoms with E-state index in [1.54, 1.807) is 4.68 Å². The molecule has 1 N–H and O–H groups in total. The van der Waals surface area contributed by atoms with E-state index in [0.29, 0.717) is 0 Å². The molecule has 0 saturated heterocycles. The van der Waals surface area contributed by atoms with Gasteiger partial charge in [-0.05, 0) is 12.5 Å². The van der Waals surface area contributed by atoms with Crippen LogP contribution in [0.4, 0.5) is 0 Å². The minimum atomic E-state index is 0.0766. The molecule has 0 saturated carbocycles. The van der Waals surface area contributed by atoms with E-state index in [0.717, 1.165) is 24.2 Å². The van der Waals surface area contributed by atoms with Crippen molar-refractivity contribution in [2.45, 2.75) is 26.4 Å². The molecule has 0 bridgehead atoms. The second kappa shape index (κ2) is 3.53. The summed E-state index contributed by atoms with van der Waals surface area (Å²) in [7, 11) is 1.85. The first-order valence-corrected chi connectivity index (χ1v) is 3.90. The van der Waals surface area contributed by atoms with Crippen LogP contribution in [0.3, 0.4) is 0 Å². The molecule has 0 aliphatic carbocycles. The summed E-state index contributed by atoms with van der Waals surface area (Å²) in [5.41, 5.74) is 1.95. The molecule has 0 fully saturated rings. The van der Waals surface area contributed by atoms with Crippen molar-refractivity contribution < 1.29 is 5.11 Å². The highest BCUT2D eigenvalue weighted by atomic mass is 16.3. The number of nitrogens with zero attached hydrogens (tertiary/aromatic N) is 2. The summed E-state index contributed by atoms with van der Waals surface area (Å²) in [5, 5.41) is 13.1. The SMILES string of the molecule is CCCc1cc(CO)n(C)n1. The van der Waals surface area contributed by atoms with Crippen molar-refractivity contribution in [3.8, 4) is 0 Å². The molecule has 0 aromatic carbocycles. The largest absolute Gasteiger partial charge is 0.390 e. The lowest BCUT2D eigenvalue weighted by molar-refractivity contribution is 0.270. The highest BCUT2D eigenvalue weighted by molar-refractivity contribution is 5.09. The van der Waals surface area contributed by atoms with Gasteiger partial charge >= 0.3 is 0 Å². The van der Waals surface area contributed by atoms with Gasteiger partial charge in [0.2, 0.25) is 0 Å². The van der Waals surface area contributed by atoms with Crippen LogP contribution in [0.2, 0.25) is 0 Å². The molecule has 1 heterocycles. The summed E-state index contributed by atoms with van der Waals surface area (Å²) >= 11 is 0. The first-order chi connectivity index (χ1) is 5.27. The van der Waals surface area contributed by atoms with Crippen molar-refractivity contribution in [3.05, 3.63) is 17.5 Å². The van der Waals surface area contributed by atoms with Crippen molar-refractivity contribution in [2.75, 3.05) is 0 Å². The summed E-state index contributed by atoms with van der Waals surface area (Å²) in [6, 6.07) is 1.95. The zero-order chi connectivity index (χ0) is 8.27. The number of aliphatic hydroxyl groups excluding tert-OH is 1. The van der Waals surface area contributed by atoms with Gasteiger partial charge < -0.3 is 5.11 Å². The fraction of sp³-hybridized carbons (Fsp3) is 0.625. The molecule has 1 aromatic rings. The Morgan fingerprint density at radius 1 is 1.64 bits per heavy atom. The maximum absolute atomic E-state index is 8.84. The second-order valence-electron chi connectivity index (χ2n) is 2.66. The smallest absolute Gasteiger partial charge is 0.0849 e. The van der Waals surface area contributed by atoms with E-state index in [1.807, 2.05) is 13.1 Å². The van der Waals surface area contributed by atoms with Gasteiger partial charge in [0, 0.05) is 7.05 Å². The van der Waals surface area contributed by atoms with Gasteiger partial charge in [-0.1, -0.05) is 13.3 Å². The molecule has 11 heavy (non-hydrogen) atoms. The van der Waals surface area contributed by atoms with Crippen molar-refractivity contribution in [1.82, 2.24) is 9.78 Å². The maximum Gasteiger partial charge on any atom is 0.0849 e. The number of hydrogen-bond acceptors (Lipinski definition) is 2. The van der Waals surface area contributed by atoms with Crippen LogP contribution >= 0.6 is 0 Å². The van der Waals surface area contributed by atoms with Gasteiger partial charge in [-0.25, -0.2) is 0 Å². The van der Waals surface area contributed by atoms with Crippen LogP contribution in [0.1, 0.15) is 24.7 Å².